The molecule has 8 heteroatoms. The first-order chi connectivity index (χ1) is 20.5. The smallest absolute Gasteiger partial charge is 0.270 e. The Bertz CT molecular complexity index is 1700. The lowest BCUT2D eigenvalue weighted by molar-refractivity contribution is -0.123. The number of nitrogens with zero attached hydrogens (tertiary/aromatic N) is 2. The molecule has 0 bridgehead atoms. The van der Waals surface area contributed by atoms with Crippen molar-refractivity contribution >= 4 is 39.5 Å². The fraction of sp³-hybridized carbons (Fsp3) is 0.265. The maximum absolute atomic E-state index is 13.4. The van der Waals surface area contributed by atoms with E-state index in [9.17, 15) is 14.4 Å². The summed E-state index contributed by atoms with van der Waals surface area (Å²) < 4.78 is 0. The van der Waals surface area contributed by atoms with Gasteiger partial charge in [0, 0.05) is 41.1 Å². The summed E-state index contributed by atoms with van der Waals surface area (Å²) in [5.74, 6) is -0.509. The second-order valence-electron chi connectivity index (χ2n) is 10.5. The van der Waals surface area contributed by atoms with Gasteiger partial charge in [0.1, 0.15) is 17.5 Å². The number of rotatable bonds is 13. The van der Waals surface area contributed by atoms with Crippen LogP contribution >= 0.6 is 0 Å². The number of aromatic amines is 1. The second kappa shape index (κ2) is 13.7. The molecule has 1 atom stereocenters. The van der Waals surface area contributed by atoms with Crippen LogP contribution in [0.25, 0.3) is 33.2 Å². The van der Waals surface area contributed by atoms with Crippen LogP contribution in [-0.2, 0) is 16.0 Å². The maximum Gasteiger partial charge on any atom is 0.270 e. The highest BCUT2D eigenvalue weighted by atomic mass is 16.2. The van der Waals surface area contributed by atoms with Gasteiger partial charge in [0.15, 0.2) is 5.65 Å². The highest BCUT2D eigenvalue weighted by molar-refractivity contribution is 5.97. The minimum absolute atomic E-state index is 0.153. The van der Waals surface area contributed by atoms with Crippen molar-refractivity contribution in [3.05, 3.63) is 96.3 Å². The number of carbonyl (C=O) groups excluding carboxylic acids is 3. The van der Waals surface area contributed by atoms with Gasteiger partial charge in [-0.25, -0.2) is 9.97 Å². The number of ketones is 1. The molecule has 3 heterocycles. The SMILES string of the molecule is CC(=O)CCCCCC(NC(=O)c1ccc2cccnc2n1)C(=O)NCCc1c(-c2ccccc2)[nH]c2ccccc12. The molecule has 0 saturated carbocycles. The van der Waals surface area contributed by atoms with Crippen molar-refractivity contribution in [2.24, 2.45) is 0 Å². The third kappa shape index (κ3) is 7.07. The average molecular weight is 562 g/mol. The number of fused-ring (bicyclic) bond motifs is 2. The Kier molecular flexibility index (Phi) is 9.33. The van der Waals surface area contributed by atoms with Crippen LogP contribution in [0.3, 0.4) is 0 Å². The van der Waals surface area contributed by atoms with Crippen LogP contribution in [0, 0.1) is 0 Å². The first-order valence-electron chi connectivity index (χ1n) is 14.4. The largest absolute Gasteiger partial charge is 0.354 e. The van der Waals surface area contributed by atoms with E-state index in [1.54, 1.807) is 25.3 Å². The van der Waals surface area contributed by atoms with E-state index in [0.717, 1.165) is 46.0 Å². The summed E-state index contributed by atoms with van der Waals surface area (Å²) in [4.78, 5) is 50.1. The number of pyridine rings is 2. The first-order valence-corrected chi connectivity index (χ1v) is 14.4. The molecule has 5 rings (SSSR count). The predicted molar refractivity (Wildman–Crippen MR) is 165 cm³/mol. The predicted octanol–water partition coefficient (Wildman–Crippen LogP) is 5.77. The molecule has 5 aromatic rings. The van der Waals surface area contributed by atoms with Crippen molar-refractivity contribution in [3.8, 4) is 11.3 Å². The summed E-state index contributed by atoms with van der Waals surface area (Å²) in [5.41, 5.74) is 4.99. The molecule has 0 aliphatic rings. The lowest BCUT2D eigenvalue weighted by atomic mass is 10.0. The number of benzene rings is 2. The molecule has 42 heavy (non-hydrogen) atoms. The van der Waals surface area contributed by atoms with E-state index in [0.29, 0.717) is 37.9 Å². The Labute approximate surface area is 245 Å². The summed E-state index contributed by atoms with van der Waals surface area (Å²) >= 11 is 0. The van der Waals surface area contributed by atoms with Crippen LogP contribution in [-0.4, -0.2) is 45.1 Å². The Hall–Kier alpha value is -4.85. The summed E-state index contributed by atoms with van der Waals surface area (Å²) in [6.45, 7) is 1.99. The zero-order valence-electron chi connectivity index (χ0n) is 23.7. The minimum atomic E-state index is -0.729. The van der Waals surface area contributed by atoms with Crippen molar-refractivity contribution in [1.82, 2.24) is 25.6 Å². The quantitative estimate of drug-likeness (QED) is 0.158. The van der Waals surface area contributed by atoms with Crippen molar-refractivity contribution in [2.45, 2.75) is 51.5 Å². The number of para-hydroxylation sites is 1. The van der Waals surface area contributed by atoms with E-state index < -0.39 is 11.9 Å². The molecule has 3 N–H and O–H groups in total. The Balaban J connectivity index is 1.28. The number of nitrogens with one attached hydrogen (secondary N) is 3. The lowest BCUT2D eigenvalue weighted by Gasteiger charge is -2.19. The van der Waals surface area contributed by atoms with Crippen LogP contribution in [0.5, 0.6) is 0 Å². The zero-order valence-corrected chi connectivity index (χ0v) is 23.7. The molecule has 8 nitrogen and oxygen atoms in total. The number of carbonyl (C=O) groups is 3. The van der Waals surface area contributed by atoms with Gasteiger partial charge in [0.2, 0.25) is 5.91 Å². The topological polar surface area (TPSA) is 117 Å². The average Bonchev–Trinajstić information content (AvgIpc) is 3.38. The molecule has 2 aromatic carbocycles. The summed E-state index contributed by atoms with van der Waals surface area (Å²) in [7, 11) is 0. The maximum atomic E-state index is 13.4. The summed E-state index contributed by atoms with van der Waals surface area (Å²) in [6, 6.07) is 24.7. The van der Waals surface area contributed by atoms with Gasteiger partial charge in [-0.15, -0.1) is 0 Å². The minimum Gasteiger partial charge on any atom is -0.354 e. The van der Waals surface area contributed by atoms with Crippen molar-refractivity contribution in [2.75, 3.05) is 6.54 Å². The summed E-state index contributed by atoms with van der Waals surface area (Å²) in [5, 5.41) is 7.91. The molecule has 0 aliphatic carbocycles. The number of hydrogen-bond acceptors (Lipinski definition) is 5. The normalized spacial score (nSPS) is 11.8. The Morgan fingerprint density at radius 1 is 0.881 bits per heavy atom. The van der Waals surface area contributed by atoms with Gasteiger partial charge >= 0.3 is 0 Å². The molecule has 0 fully saturated rings. The molecule has 2 amide bonds. The number of H-pyrrole nitrogens is 1. The van der Waals surface area contributed by atoms with E-state index in [1.165, 1.54) is 0 Å². The monoisotopic (exact) mass is 561 g/mol. The highest BCUT2D eigenvalue weighted by Crippen LogP contribution is 2.30. The molecule has 0 radical (unpaired) electrons. The molecule has 0 saturated heterocycles. The van der Waals surface area contributed by atoms with Gasteiger partial charge in [-0.3, -0.25) is 9.59 Å². The van der Waals surface area contributed by atoms with E-state index in [2.05, 4.69) is 49.9 Å². The van der Waals surface area contributed by atoms with Crippen LogP contribution in [0.15, 0.2) is 85.1 Å². The van der Waals surface area contributed by atoms with Crippen molar-refractivity contribution in [1.29, 1.82) is 0 Å². The molecule has 0 aliphatic heterocycles. The third-order valence-electron chi connectivity index (χ3n) is 7.39. The van der Waals surface area contributed by atoms with Gasteiger partial charge in [0.25, 0.3) is 5.91 Å². The summed E-state index contributed by atoms with van der Waals surface area (Å²) in [6.07, 6.45) is 5.50. The van der Waals surface area contributed by atoms with Gasteiger partial charge < -0.3 is 20.4 Å². The molecular weight excluding hydrogens is 526 g/mol. The van der Waals surface area contributed by atoms with Crippen LogP contribution in [0.1, 0.15) is 55.1 Å². The Morgan fingerprint density at radius 2 is 1.69 bits per heavy atom. The number of aromatic nitrogens is 3. The lowest BCUT2D eigenvalue weighted by Crippen LogP contribution is -2.47. The van der Waals surface area contributed by atoms with E-state index in [1.807, 2.05) is 42.5 Å². The van der Waals surface area contributed by atoms with Crippen LogP contribution in [0.4, 0.5) is 0 Å². The fourth-order valence-corrected chi connectivity index (χ4v) is 5.22. The van der Waals surface area contributed by atoms with E-state index in [-0.39, 0.29) is 17.4 Å². The molecular formula is C34H35N5O3. The number of unbranched alkanes of at least 4 members (excludes halogenated alkanes) is 2. The van der Waals surface area contributed by atoms with Crippen molar-refractivity contribution < 1.29 is 14.4 Å². The number of hydrogen-bond donors (Lipinski definition) is 3. The second-order valence-corrected chi connectivity index (χ2v) is 10.5. The van der Waals surface area contributed by atoms with Gasteiger partial charge in [-0.1, -0.05) is 61.4 Å². The van der Waals surface area contributed by atoms with Gasteiger partial charge in [-0.05, 0) is 67.6 Å². The molecule has 0 spiro atoms. The van der Waals surface area contributed by atoms with Crippen molar-refractivity contribution in [3.63, 3.8) is 0 Å². The standard InChI is InChI=1S/C34H35N5O3/c1-23(40)11-4-2-7-17-29(39-34(42)30-19-18-25-14-10-21-35-32(25)38-30)33(41)36-22-20-27-26-15-8-9-16-28(26)37-31(27)24-12-5-3-6-13-24/h3,5-6,8-10,12-16,18-19,21,29,37H,2,4,7,11,17,20,22H2,1H3,(H,36,41)(H,39,42). The fourth-order valence-electron chi connectivity index (χ4n) is 5.22. The Morgan fingerprint density at radius 3 is 2.52 bits per heavy atom. The van der Waals surface area contributed by atoms with Crippen LogP contribution < -0.4 is 10.6 Å². The van der Waals surface area contributed by atoms with E-state index in [4.69, 9.17) is 0 Å². The highest BCUT2D eigenvalue weighted by Gasteiger charge is 2.22. The zero-order chi connectivity index (χ0) is 29.3. The molecule has 214 valence electrons. The molecule has 1 unspecified atom stereocenters. The molecule has 3 aromatic heterocycles. The third-order valence-corrected chi connectivity index (χ3v) is 7.39. The number of amides is 2. The van der Waals surface area contributed by atoms with Gasteiger partial charge in [-0.2, -0.15) is 0 Å². The van der Waals surface area contributed by atoms with Gasteiger partial charge in [0.05, 0.1) is 0 Å². The number of Topliss-reactive ketones (excluding diaryl/α,β-unsaturated/α-hetero) is 1. The first kappa shape index (κ1) is 28.7. The van der Waals surface area contributed by atoms with Crippen LogP contribution in [0.2, 0.25) is 0 Å². The van der Waals surface area contributed by atoms with E-state index >= 15 is 0 Å².